The van der Waals surface area contributed by atoms with Crippen LogP contribution >= 0.6 is 11.6 Å². The fourth-order valence-corrected chi connectivity index (χ4v) is 8.45. The van der Waals surface area contributed by atoms with Gasteiger partial charge in [-0.15, -0.1) is 0 Å². The summed E-state index contributed by atoms with van der Waals surface area (Å²) in [5, 5.41) is 9.97. The molecule has 2 aromatic carbocycles. The molecule has 338 valence electrons. The van der Waals surface area contributed by atoms with Gasteiger partial charge in [0.1, 0.15) is 11.5 Å². The number of ether oxygens (including phenoxy) is 4. The Morgan fingerprint density at radius 2 is 1.55 bits per heavy atom. The molecule has 0 radical (unpaired) electrons. The number of carbonyl (C=O) groups is 2. The molecule has 4 aliphatic heterocycles. The molecule has 4 N–H and O–H groups in total. The van der Waals surface area contributed by atoms with Crippen molar-refractivity contribution in [2.24, 2.45) is 4.99 Å². The molecule has 8 rings (SSSR count). The summed E-state index contributed by atoms with van der Waals surface area (Å²) >= 11 is 6.33. The number of aromatic nitrogens is 2. The van der Waals surface area contributed by atoms with Gasteiger partial charge in [-0.3, -0.25) is 9.59 Å². The molecule has 0 unspecified atom stereocenters. The van der Waals surface area contributed by atoms with Gasteiger partial charge in [0.15, 0.2) is 11.4 Å². The highest BCUT2D eigenvalue weighted by molar-refractivity contribution is 6.58. The highest BCUT2D eigenvalue weighted by Gasteiger charge is 2.52. The van der Waals surface area contributed by atoms with Crippen LogP contribution in [0.1, 0.15) is 60.3 Å². The first-order valence-corrected chi connectivity index (χ1v) is 22.4. The summed E-state index contributed by atoms with van der Waals surface area (Å²) in [6, 6.07) is 18.7. The Bertz CT molecular complexity index is 2410. The maximum Gasteiger partial charge on any atom is 0.737 e. The molecule has 0 saturated carbocycles. The number of hydrogen-bond donors (Lipinski definition) is 4. The van der Waals surface area contributed by atoms with Crippen LogP contribution in [0.4, 0.5) is 25.7 Å². The van der Waals surface area contributed by atoms with E-state index in [2.05, 4.69) is 31.9 Å². The van der Waals surface area contributed by atoms with E-state index in [9.17, 15) is 9.59 Å². The number of H-pyrrole nitrogens is 1. The number of nitrogens with zero attached hydrogens (tertiary/aromatic N) is 4. The first kappa shape index (κ1) is 45.0. The number of nitrogens with one attached hydrogen (secondary N) is 4. The molecular formula is C46H54BClF2N8O6. The Hall–Kier alpha value is -5.59. The van der Waals surface area contributed by atoms with Crippen LogP contribution in [0.3, 0.4) is 0 Å². The smallest absolute Gasteiger partial charge is 0.394 e. The van der Waals surface area contributed by atoms with E-state index in [4.69, 9.17) is 35.5 Å². The number of anilines is 2. The number of aryl methyl sites for hydroxylation is 1. The number of piperidine rings is 1. The summed E-state index contributed by atoms with van der Waals surface area (Å²) in [4.78, 5) is 35.6. The number of hydrogen-bond acceptors (Lipinski definition) is 9. The van der Waals surface area contributed by atoms with Crippen LogP contribution in [0.5, 0.6) is 0 Å². The third kappa shape index (κ3) is 11.0. The second-order valence-electron chi connectivity index (χ2n) is 15.9. The highest BCUT2D eigenvalue weighted by atomic mass is 35.5. The van der Waals surface area contributed by atoms with Crippen LogP contribution < -0.4 is 16.0 Å². The van der Waals surface area contributed by atoms with Gasteiger partial charge < -0.3 is 62.4 Å². The number of amidine groups is 1. The number of halogens is 3. The number of aliphatic imine (C=N–C) groups is 1. The van der Waals surface area contributed by atoms with Gasteiger partial charge in [0.05, 0.1) is 64.2 Å². The summed E-state index contributed by atoms with van der Waals surface area (Å²) in [5.74, 6) is 0.581. The third-order valence-corrected chi connectivity index (χ3v) is 11.7. The summed E-state index contributed by atoms with van der Waals surface area (Å²) in [7, 11) is 0. The van der Waals surface area contributed by atoms with Crippen LogP contribution in [0.15, 0.2) is 89.7 Å². The van der Waals surface area contributed by atoms with E-state index in [1.165, 1.54) is 6.42 Å². The second-order valence-corrected chi connectivity index (χ2v) is 16.4. The number of fused-ring (bicyclic) bond motifs is 4. The van der Waals surface area contributed by atoms with Crippen LogP contribution in [-0.2, 0) is 41.5 Å². The molecule has 0 spiro atoms. The van der Waals surface area contributed by atoms with E-state index in [1.54, 1.807) is 48.7 Å². The SMILES string of the molecule is O=C(CCc1ccc2n1[B-](F)(F)[N+]1=C(c3ccc[nH]3)C=CC1=C2)NCCOCCOCCOCCOCCC(=O)NCc1ccc2c(c1)C(N1CCCCC1)=Nc1cc(Cl)ccc1N2. The first-order chi connectivity index (χ1) is 31.2. The lowest BCUT2D eigenvalue weighted by atomic mass is 9.90. The van der Waals surface area contributed by atoms with Crippen molar-refractivity contribution >= 4 is 65.1 Å². The largest absolute Gasteiger partial charge is 0.737 e. The normalized spacial score (nSPS) is 16.0. The Morgan fingerprint density at radius 1 is 0.812 bits per heavy atom. The Morgan fingerprint density at radius 3 is 2.31 bits per heavy atom. The lowest BCUT2D eigenvalue weighted by Crippen LogP contribution is -2.51. The number of carbonyl (C=O) groups excluding carboxylic acids is 2. The van der Waals surface area contributed by atoms with Crippen molar-refractivity contribution in [1.82, 2.24) is 25.0 Å². The van der Waals surface area contributed by atoms with Gasteiger partial charge in [0.2, 0.25) is 11.8 Å². The summed E-state index contributed by atoms with van der Waals surface area (Å²) < 4.78 is 56.4. The zero-order chi connectivity index (χ0) is 44.3. The lowest BCUT2D eigenvalue weighted by molar-refractivity contribution is -0.360. The van der Waals surface area contributed by atoms with Gasteiger partial charge in [-0.1, -0.05) is 17.7 Å². The zero-order valence-corrected chi connectivity index (χ0v) is 36.5. The second kappa shape index (κ2) is 21.4. The van der Waals surface area contributed by atoms with Crippen molar-refractivity contribution in [2.75, 3.05) is 77.8 Å². The minimum absolute atomic E-state index is 0.0695. The van der Waals surface area contributed by atoms with Crippen LogP contribution in [0.2, 0.25) is 5.02 Å². The molecule has 0 bridgehead atoms. The molecule has 64 heavy (non-hydrogen) atoms. The van der Waals surface area contributed by atoms with Crippen molar-refractivity contribution in [3.8, 4) is 0 Å². The first-order valence-electron chi connectivity index (χ1n) is 22.0. The molecular weight excluding hydrogens is 845 g/mol. The molecule has 2 amide bonds. The van der Waals surface area contributed by atoms with E-state index < -0.39 is 6.97 Å². The molecule has 0 atom stereocenters. The van der Waals surface area contributed by atoms with Gasteiger partial charge in [-0.25, -0.2) is 4.99 Å². The summed E-state index contributed by atoms with van der Waals surface area (Å²) in [6.07, 6.45) is 10.8. The minimum Gasteiger partial charge on any atom is -0.394 e. The van der Waals surface area contributed by atoms with Crippen molar-refractivity contribution in [3.63, 3.8) is 0 Å². The van der Waals surface area contributed by atoms with Crippen LogP contribution in [0, 0.1) is 0 Å². The van der Waals surface area contributed by atoms with Crippen molar-refractivity contribution in [2.45, 2.75) is 45.1 Å². The maximum absolute atomic E-state index is 16.0. The number of aromatic amines is 1. The molecule has 4 aromatic rings. The lowest BCUT2D eigenvalue weighted by Gasteiger charge is -2.30. The van der Waals surface area contributed by atoms with E-state index in [1.807, 2.05) is 30.3 Å². The fraction of sp³-hybridized carbons (Fsp3) is 0.391. The van der Waals surface area contributed by atoms with E-state index in [0.717, 1.165) is 68.9 Å². The molecule has 4 aliphatic rings. The monoisotopic (exact) mass is 898 g/mol. The summed E-state index contributed by atoms with van der Waals surface area (Å²) in [5.41, 5.74) is 6.92. The van der Waals surface area contributed by atoms with E-state index >= 15 is 8.63 Å². The van der Waals surface area contributed by atoms with Crippen LogP contribution in [-0.4, -0.2) is 122 Å². The Balaban J connectivity index is 0.640. The molecule has 0 aliphatic carbocycles. The molecule has 18 heteroatoms. The number of rotatable bonds is 21. The van der Waals surface area contributed by atoms with Gasteiger partial charge in [0, 0.05) is 85.4 Å². The van der Waals surface area contributed by atoms with Crippen molar-refractivity contribution < 1.29 is 41.7 Å². The van der Waals surface area contributed by atoms with Crippen molar-refractivity contribution in [3.05, 3.63) is 118 Å². The molecule has 14 nitrogen and oxygen atoms in total. The highest BCUT2D eigenvalue weighted by Crippen LogP contribution is 2.38. The average molecular weight is 899 g/mol. The Labute approximate surface area is 376 Å². The standard InChI is InChI=1S/C46H54BClF2N8O6/c48-34-7-13-40-42(30-34)55-46(56-19-2-1-3-20-56)38-29-33(6-12-39(38)54-40)32-53-45(60)16-21-61-23-25-63-27-28-64-26-24-62-22-18-52-44(59)15-11-35-8-9-36-31-37-10-14-43(41-5-4-17-51-41)58(37)47(49,50)57(35)36/h4-10,12-14,17,29-31,51,54H,1-3,11,15-16,18-28,32H2,(H,52,59)(H,53,60). The molecule has 6 heterocycles. The van der Waals surface area contributed by atoms with Gasteiger partial charge in [-0.05, 0) is 91.5 Å². The molecule has 2 aromatic heterocycles. The Kier molecular flexibility index (Phi) is 15.0. The zero-order valence-electron chi connectivity index (χ0n) is 35.8. The van der Waals surface area contributed by atoms with Crippen molar-refractivity contribution in [1.29, 1.82) is 0 Å². The predicted octanol–water partition coefficient (Wildman–Crippen LogP) is 6.56. The van der Waals surface area contributed by atoms with Gasteiger partial charge >= 0.3 is 6.97 Å². The molecule has 1 fully saturated rings. The van der Waals surface area contributed by atoms with E-state index in [0.29, 0.717) is 92.9 Å². The number of benzene rings is 2. The number of amides is 2. The molecule has 1 saturated heterocycles. The van der Waals surface area contributed by atoms with Gasteiger partial charge in [0.25, 0.3) is 0 Å². The number of likely N-dealkylation sites (tertiary alicyclic amines) is 1. The summed E-state index contributed by atoms with van der Waals surface area (Å²) in [6.45, 7) is 1.20. The maximum atomic E-state index is 16.0. The average Bonchev–Trinajstić information content (AvgIpc) is 4.07. The van der Waals surface area contributed by atoms with Gasteiger partial charge in [-0.2, -0.15) is 0 Å². The fourth-order valence-electron chi connectivity index (χ4n) is 8.29. The van der Waals surface area contributed by atoms with Crippen LogP contribution in [0.25, 0.3) is 6.08 Å². The minimum atomic E-state index is -4.16. The topological polar surface area (TPSA) is 146 Å². The predicted molar refractivity (Wildman–Crippen MR) is 244 cm³/mol. The van der Waals surface area contributed by atoms with E-state index in [-0.39, 0.29) is 37.7 Å². The number of allylic oxidation sites excluding steroid dienone is 2. The quantitative estimate of drug-likeness (QED) is 0.0544. The third-order valence-electron chi connectivity index (χ3n) is 11.5.